The maximum absolute atomic E-state index is 12.4. The van der Waals surface area contributed by atoms with Gasteiger partial charge in [0.1, 0.15) is 0 Å². The summed E-state index contributed by atoms with van der Waals surface area (Å²) in [6, 6.07) is 14.7. The molecule has 1 aromatic heterocycles. The smallest absolute Gasteiger partial charge is 0.270 e. The van der Waals surface area contributed by atoms with Crippen LogP contribution in [0.1, 0.15) is 5.56 Å². The van der Waals surface area contributed by atoms with Crippen LogP contribution < -0.4 is 9.46 Å². The number of aliphatic imine (C=N–C) groups is 1. The van der Waals surface area contributed by atoms with Crippen LogP contribution >= 0.6 is 0 Å². The summed E-state index contributed by atoms with van der Waals surface area (Å²) in [7, 11) is -2.42. The fourth-order valence-corrected chi connectivity index (χ4v) is 3.26. The van der Waals surface area contributed by atoms with Crippen LogP contribution in [0.2, 0.25) is 0 Å². The minimum absolute atomic E-state index is 0.0180. The Balaban J connectivity index is 1.73. The maximum Gasteiger partial charge on any atom is 0.270 e. The van der Waals surface area contributed by atoms with E-state index in [0.717, 1.165) is 0 Å². The number of nitro groups is 1. The molecular formula is C18H15N5O5S. The molecule has 148 valence electrons. The predicted octanol–water partition coefficient (Wildman–Crippen LogP) is 2.94. The van der Waals surface area contributed by atoms with Crippen molar-refractivity contribution in [3.63, 3.8) is 0 Å². The average molecular weight is 413 g/mol. The lowest BCUT2D eigenvalue weighted by Gasteiger charge is -2.07. The van der Waals surface area contributed by atoms with Crippen LogP contribution in [0.4, 0.5) is 17.2 Å². The number of anilines is 1. The van der Waals surface area contributed by atoms with Gasteiger partial charge in [-0.3, -0.25) is 19.8 Å². The Morgan fingerprint density at radius 1 is 1.10 bits per heavy atom. The summed E-state index contributed by atoms with van der Waals surface area (Å²) >= 11 is 0. The normalized spacial score (nSPS) is 11.3. The molecule has 0 aliphatic rings. The van der Waals surface area contributed by atoms with Gasteiger partial charge in [-0.15, -0.1) is 10.2 Å². The van der Waals surface area contributed by atoms with E-state index in [0.29, 0.717) is 11.3 Å². The Morgan fingerprint density at radius 2 is 1.86 bits per heavy atom. The molecule has 10 nitrogen and oxygen atoms in total. The number of hydrogen-bond acceptors (Lipinski definition) is 8. The third-order valence-corrected chi connectivity index (χ3v) is 5.05. The van der Waals surface area contributed by atoms with Gasteiger partial charge in [-0.05, 0) is 35.9 Å². The summed E-state index contributed by atoms with van der Waals surface area (Å²) in [5, 5.41) is 18.2. The molecule has 1 heterocycles. The van der Waals surface area contributed by atoms with Crippen LogP contribution in [0.25, 0.3) is 0 Å². The number of hydrogen-bond donors (Lipinski definition) is 1. The zero-order valence-corrected chi connectivity index (χ0v) is 15.9. The molecule has 0 unspecified atom stereocenters. The molecule has 0 aliphatic heterocycles. The van der Waals surface area contributed by atoms with Gasteiger partial charge in [-0.2, -0.15) is 0 Å². The molecule has 0 spiro atoms. The van der Waals surface area contributed by atoms with Crippen molar-refractivity contribution >= 4 is 33.4 Å². The van der Waals surface area contributed by atoms with Crippen LogP contribution in [-0.2, 0) is 10.0 Å². The lowest BCUT2D eigenvalue weighted by molar-refractivity contribution is -0.384. The van der Waals surface area contributed by atoms with E-state index >= 15 is 0 Å². The van der Waals surface area contributed by atoms with Crippen molar-refractivity contribution in [2.24, 2.45) is 4.99 Å². The number of non-ortho nitro benzene ring substituents is 1. The van der Waals surface area contributed by atoms with Gasteiger partial charge in [-0.1, -0.05) is 12.1 Å². The average Bonchev–Trinajstić information content (AvgIpc) is 2.73. The van der Waals surface area contributed by atoms with E-state index in [2.05, 4.69) is 19.9 Å². The third kappa shape index (κ3) is 5.11. The first-order valence-corrected chi connectivity index (χ1v) is 9.65. The number of nitrogens with one attached hydrogen (secondary N) is 1. The summed E-state index contributed by atoms with van der Waals surface area (Å²) < 4.78 is 32.1. The van der Waals surface area contributed by atoms with Crippen molar-refractivity contribution in [2.75, 3.05) is 11.8 Å². The number of aromatic nitrogens is 2. The van der Waals surface area contributed by atoms with Gasteiger partial charge in [0.25, 0.3) is 15.7 Å². The van der Waals surface area contributed by atoms with Crippen molar-refractivity contribution in [3.8, 4) is 5.88 Å². The Hall–Kier alpha value is -3.86. The number of nitrogens with zero attached hydrogens (tertiary/aromatic N) is 4. The monoisotopic (exact) mass is 413 g/mol. The number of rotatable bonds is 7. The van der Waals surface area contributed by atoms with Gasteiger partial charge in [0.05, 0.1) is 22.6 Å². The van der Waals surface area contributed by atoms with Crippen molar-refractivity contribution in [2.45, 2.75) is 4.90 Å². The van der Waals surface area contributed by atoms with Gasteiger partial charge < -0.3 is 4.74 Å². The second-order valence-electron chi connectivity index (χ2n) is 5.67. The molecule has 2 aromatic carbocycles. The molecule has 0 fully saturated rings. The molecule has 1 N–H and O–H groups in total. The molecule has 0 aliphatic carbocycles. The lowest BCUT2D eigenvalue weighted by Crippen LogP contribution is -2.14. The van der Waals surface area contributed by atoms with Crippen molar-refractivity contribution in [1.29, 1.82) is 0 Å². The lowest BCUT2D eigenvalue weighted by atomic mass is 10.2. The highest BCUT2D eigenvalue weighted by atomic mass is 32.2. The molecule has 0 bridgehead atoms. The summed E-state index contributed by atoms with van der Waals surface area (Å²) in [5.74, 6) is 0.317. The molecule has 3 aromatic rings. The second-order valence-corrected chi connectivity index (χ2v) is 7.35. The van der Waals surface area contributed by atoms with Gasteiger partial charge in [0, 0.05) is 24.4 Å². The van der Waals surface area contributed by atoms with Crippen LogP contribution in [-0.4, -0.2) is 36.9 Å². The molecule has 0 amide bonds. The highest BCUT2D eigenvalue weighted by Crippen LogP contribution is 2.20. The second kappa shape index (κ2) is 8.44. The minimum Gasteiger partial charge on any atom is -0.480 e. The molecular weight excluding hydrogens is 398 g/mol. The Kier molecular flexibility index (Phi) is 5.79. The molecule has 0 saturated heterocycles. The topological polar surface area (TPSA) is 137 Å². The van der Waals surface area contributed by atoms with E-state index in [1.165, 1.54) is 61.9 Å². The van der Waals surface area contributed by atoms with Gasteiger partial charge in [-0.25, -0.2) is 8.42 Å². The van der Waals surface area contributed by atoms with E-state index in [1.807, 2.05) is 0 Å². The number of methoxy groups -OCH3 is 1. The Morgan fingerprint density at radius 3 is 2.48 bits per heavy atom. The first kappa shape index (κ1) is 19.9. The summed E-state index contributed by atoms with van der Waals surface area (Å²) in [6.07, 6.45) is 1.46. The summed E-state index contributed by atoms with van der Waals surface area (Å²) in [6.45, 7) is 0. The standard InChI is InChI=1S/C18H15N5O5S/c1-28-18-10-9-17(20-21-18)22-29(26,27)16-7-5-14(6-8-16)19-12-13-3-2-4-15(11-13)23(24)25/h2-12H,1H3,(H,20,22). The highest BCUT2D eigenvalue weighted by Gasteiger charge is 2.15. The van der Waals surface area contributed by atoms with Crippen LogP contribution in [0.15, 0.2) is 70.6 Å². The first-order valence-electron chi connectivity index (χ1n) is 8.16. The predicted molar refractivity (Wildman–Crippen MR) is 106 cm³/mol. The summed E-state index contributed by atoms with van der Waals surface area (Å²) in [5.41, 5.74) is 0.999. The van der Waals surface area contributed by atoms with Crippen molar-refractivity contribution < 1.29 is 18.1 Å². The van der Waals surface area contributed by atoms with E-state index in [9.17, 15) is 18.5 Å². The zero-order valence-electron chi connectivity index (χ0n) is 15.1. The SMILES string of the molecule is COc1ccc(NS(=O)(=O)c2ccc(N=Cc3cccc([N+](=O)[O-])c3)cc2)nn1. The van der Waals surface area contributed by atoms with Crippen LogP contribution in [0.3, 0.4) is 0 Å². The third-order valence-electron chi connectivity index (χ3n) is 3.68. The van der Waals surface area contributed by atoms with Gasteiger partial charge in [0.2, 0.25) is 5.88 Å². The first-order chi connectivity index (χ1) is 13.9. The number of benzene rings is 2. The van der Waals surface area contributed by atoms with Crippen LogP contribution in [0.5, 0.6) is 5.88 Å². The minimum atomic E-state index is -3.85. The maximum atomic E-state index is 12.4. The fourth-order valence-electron chi connectivity index (χ4n) is 2.26. The van der Waals surface area contributed by atoms with Crippen molar-refractivity contribution in [3.05, 3.63) is 76.3 Å². The molecule has 0 radical (unpaired) electrons. The summed E-state index contributed by atoms with van der Waals surface area (Å²) in [4.78, 5) is 14.5. The zero-order chi connectivity index (χ0) is 20.9. The van der Waals surface area contributed by atoms with E-state index in [4.69, 9.17) is 4.74 Å². The van der Waals surface area contributed by atoms with Gasteiger partial charge in [0.15, 0.2) is 5.82 Å². The van der Waals surface area contributed by atoms with Crippen molar-refractivity contribution in [1.82, 2.24) is 10.2 Å². The fraction of sp³-hybridized carbons (Fsp3) is 0.0556. The van der Waals surface area contributed by atoms with E-state index in [1.54, 1.807) is 12.1 Å². The van der Waals surface area contributed by atoms with Gasteiger partial charge >= 0.3 is 0 Å². The molecule has 29 heavy (non-hydrogen) atoms. The molecule has 11 heteroatoms. The number of sulfonamides is 1. The Labute approximate surface area is 166 Å². The Bertz CT molecular complexity index is 1150. The molecule has 3 rings (SSSR count). The van der Waals surface area contributed by atoms with E-state index in [-0.39, 0.29) is 22.3 Å². The number of ether oxygens (including phenoxy) is 1. The highest BCUT2D eigenvalue weighted by molar-refractivity contribution is 7.92. The molecule has 0 saturated carbocycles. The number of nitro benzene ring substituents is 1. The molecule has 0 atom stereocenters. The largest absolute Gasteiger partial charge is 0.480 e. The van der Waals surface area contributed by atoms with Crippen LogP contribution in [0, 0.1) is 10.1 Å². The van der Waals surface area contributed by atoms with E-state index < -0.39 is 14.9 Å². The quantitative estimate of drug-likeness (QED) is 0.357.